The van der Waals surface area contributed by atoms with E-state index in [0.29, 0.717) is 18.5 Å². The van der Waals surface area contributed by atoms with Crippen LogP contribution in [0.25, 0.3) is 10.9 Å². The largest absolute Gasteiger partial charge is 0.393 e. The van der Waals surface area contributed by atoms with Gasteiger partial charge < -0.3 is 15.3 Å². The monoisotopic (exact) mass is 285 g/mol. The molecule has 0 aliphatic heterocycles. The normalized spacial score (nSPS) is 20.9. The molecular weight excluding hydrogens is 266 g/mol. The third-order valence-electron chi connectivity index (χ3n) is 3.86. The zero-order valence-electron chi connectivity index (χ0n) is 12.2. The minimum atomic E-state index is -0.280. The fourth-order valence-corrected chi connectivity index (χ4v) is 2.61. The molecule has 1 amide bonds. The molecule has 1 aliphatic rings. The number of carbonyl (C=O) groups is 1. The zero-order chi connectivity index (χ0) is 15.0. The van der Waals surface area contributed by atoms with E-state index in [9.17, 15) is 9.90 Å². The van der Waals surface area contributed by atoms with Crippen LogP contribution in [0.15, 0.2) is 30.3 Å². The quantitative estimate of drug-likeness (QED) is 0.898. The first-order valence-corrected chi connectivity index (χ1v) is 7.10. The highest BCUT2D eigenvalue weighted by Gasteiger charge is 2.29. The predicted octanol–water partition coefficient (Wildman–Crippen LogP) is 1.55. The van der Waals surface area contributed by atoms with Crippen molar-refractivity contribution in [3.63, 3.8) is 0 Å². The minimum absolute atomic E-state index is 0.0589. The highest BCUT2D eigenvalue weighted by molar-refractivity contribution is 6.00. The maximum Gasteiger partial charge on any atom is 0.270 e. The molecule has 21 heavy (non-hydrogen) atoms. The number of aliphatic hydroxyl groups excluding tert-OH is 1. The van der Waals surface area contributed by atoms with Crippen molar-refractivity contribution in [2.45, 2.75) is 25.0 Å². The number of para-hydroxylation sites is 1. The van der Waals surface area contributed by atoms with Crippen molar-refractivity contribution < 1.29 is 9.90 Å². The maximum atomic E-state index is 12.3. The van der Waals surface area contributed by atoms with Gasteiger partial charge in [-0.2, -0.15) is 0 Å². The van der Waals surface area contributed by atoms with Gasteiger partial charge in [0.15, 0.2) is 0 Å². The average molecular weight is 285 g/mol. The van der Waals surface area contributed by atoms with E-state index in [1.807, 2.05) is 49.3 Å². The molecule has 2 N–H and O–H groups in total. The number of fused-ring (bicyclic) bond motifs is 1. The SMILES string of the molecule is CN(C)c1cc(C(=O)NC2CC(O)C2)nc2ccccc12. The lowest BCUT2D eigenvalue weighted by atomic mass is 9.89. The summed E-state index contributed by atoms with van der Waals surface area (Å²) in [5.41, 5.74) is 2.20. The smallest absolute Gasteiger partial charge is 0.270 e. The van der Waals surface area contributed by atoms with E-state index in [1.165, 1.54) is 0 Å². The van der Waals surface area contributed by atoms with Crippen LogP contribution in [0.2, 0.25) is 0 Å². The van der Waals surface area contributed by atoms with Crippen molar-refractivity contribution in [1.29, 1.82) is 0 Å². The van der Waals surface area contributed by atoms with Gasteiger partial charge in [-0.1, -0.05) is 18.2 Å². The van der Waals surface area contributed by atoms with Gasteiger partial charge in [0.2, 0.25) is 0 Å². The van der Waals surface area contributed by atoms with Gasteiger partial charge in [0.1, 0.15) is 5.69 Å². The number of hydrogen-bond acceptors (Lipinski definition) is 4. The van der Waals surface area contributed by atoms with Crippen molar-refractivity contribution >= 4 is 22.5 Å². The zero-order valence-corrected chi connectivity index (χ0v) is 12.2. The van der Waals surface area contributed by atoms with Gasteiger partial charge >= 0.3 is 0 Å². The van der Waals surface area contributed by atoms with E-state index in [-0.39, 0.29) is 18.1 Å². The molecule has 1 aromatic carbocycles. The summed E-state index contributed by atoms with van der Waals surface area (Å²) in [6, 6.07) is 9.66. The number of pyridine rings is 1. The standard InChI is InChI=1S/C16H19N3O2/c1-19(2)15-9-14(16(21)17-10-7-11(20)8-10)18-13-6-4-3-5-12(13)15/h3-6,9-11,20H,7-8H2,1-2H3,(H,17,21). The summed E-state index contributed by atoms with van der Waals surface area (Å²) in [4.78, 5) is 18.7. The Morgan fingerprint density at radius 2 is 2.05 bits per heavy atom. The molecule has 110 valence electrons. The first-order valence-electron chi connectivity index (χ1n) is 7.10. The van der Waals surface area contributed by atoms with Crippen LogP contribution in [0.4, 0.5) is 5.69 Å². The number of hydrogen-bond donors (Lipinski definition) is 2. The second kappa shape index (κ2) is 5.33. The number of aliphatic hydroxyl groups is 1. The molecule has 0 bridgehead atoms. The summed E-state index contributed by atoms with van der Waals surface area (Å²) in [5.74, 6) is -0.180. The number of anilines is 1. The molecule has 0 saturated heterocycles. The first-order chi connectivity index (χ1) is 10.0. The van der Waals surface area contributed by atoms with Gasteiger partial charge in [0.25, 0.3) is 5.91 Å². The number of nitrogens with one attached hydrogen (secondary N) is 1. The second-order valence-electron chi connectivity index (χ2n) is 5.73. The summed E-state index contributed by atoms with van der Waals surface area (Å²) in [7, 11) is 3.90. The lowest BCUT2D eigenvalue weighted by Gasteiger charge is -2.31. The summed E-state index contributed by atoms with van der Waals surface area (Å²) >= 11 is 0. The number of rotatable bonds is 3. The minimum Gasteiger partial charge on any atom is -0.393 e. The van der Waals surface area contributed by atoms with Gasteiger partial charge in [0, 0.05) is 31.2 Å². The molecule has 5 heteroatoms. The third kappa shape index (κ3) is 2.69. The third-order valence-corrected chi connectivity index (χ3v) is 3.86. The van der Waals surface area contributed by atoms with Gasteiger partial charge in [-0.25, -0.2) is 4.98 Å². The molecule has 0 spiro atoms. The molecule has 1 heterocycles. The van der Waals surface area contributed by atoms with Crippen LogP contribution in [0.1, 0.15) is 23.3 Å². The van der Waals surface area contributed by atoms with Crippen molar-refractivity contribution in [3.05, 3.63) is 36.0 Å². The van der Waals surface area contributed by atoms with Crippen LogP contribution in [0.5, 0.6) is 0 Å². The maximum absolute atomic E-state index is 12.3. The van der Waals surface area contributed by atoms with E-state index >= 15 is 0 Å². The Bertz CT molecular complexity index is 678. The Morgan fingerprint density at radius 3 is 2.71 bits per heavy atom. The molecule has 5 nitrogen and oxygen atoms in total. The summed E-state index contributed by atoms with van der Waals surface area (Å²) in [6.07, 6.45) is 0.969. The van der Waals surface area contributed by atoms with Crippen LogP contribution in [-0.2, 0) is 0 Å². The van der Waals surface area contributed by atoms with Gasteiger partial charge in [-0.3, -0.25) is 4.79 Å². The average Bonchev–Trinajstić information content (AvgIpc) is 2.44. The molecule has 1 aromatic heterocycles. The van der Waals surface area contributed by atoms with E-state index < -0.39 is 0 Å². The summed E-state index contributed by atoms with van der Waals surface area (Å²) < 4.78 is 0. The molecule has 2 aromatic rings. The number of aromatic nitrogens is 1. The Morgan fingerprint density at radius 1 is 1.33 bits per heavy atom. The van der Waals surface area contributed by atoms with Crippen molar-refractivity contribution in [2.75, 3.05) is 19.0 Å². The number of amides is 1. The molecule has 3 rings (SSSR count). The number of nitrogens with zero attached hydrogens (tertiary/aromatic N) is 2. The van der Waals surface area contributed by atoms with Crippen LogP contribution in [0, 0.1) is 0 Å². The second-order valence-corrected chi connectivity index (χ2v) is 5.73. The number of benzene rings is 1. The van der Waals surface area contributed by atoms with Crippen molar-refractivity contribution in [2.24, 2.45) is 0 Å². The molecule has 0 radical (unpaired) electrons. The van der Waals surface area contributed by atoms with Gasteiger partial charge in [0.05, 0.1) is 11.6 Å². The van der Waals surface area contributed by atoms with Crippen LogP contribution < -0.4 is 10.2 Å². The fourth-order valence-electron chi connectivity index (χ4n) is 2.61. The molecule has 1 aliphatic carbocycles. The van der Waals surface area contributed by atoms with E-state index in [4.69, 9.17) is 0 Å². The van der Waals surface area contributed by atoms with Crippen LogP contribution in [-0.4, -0.2) is 42.2 Å². The molecule has 1 fully saturated rings. The Balaban J connectivity index is 1.93. The molecule has 0 atom stereocenters. The lowest BCUT2D eigenvalue weighted by molar-refractivity contribution is 0.0561. The van der Waals surface area contributed by atoms with Crippen LogP contribution in [0.3, 0.4) is 0 Å². The topological polar surface area (TPSA) is 65.5 Å². The van der Waals surface area contributed by atoms with Crippen molar-refractivity contribution in [3.8, 4) is 0 Å². The Kier molecular flexibility index (Phi) is 3.51. The summed E-state index contributed by atoms with van der Waals surface area (Å²) in [6.45, 7) is 0. The fraction of sp³-hybridized carbons (Fsp3) is 0.375. The van der Waals surface area contributed by atoms with Gasteiger partial charge in [-0.15, -0.1) is 0 Å². The van der Waals surface area contributed by atoms with Crippen LogP contribution >= 0.6 is 0 Å². The number of carbonyl (C=O) groups excluding carboxylic acids is 1. The Hall–Kier alpha value is -2.14. The predicted molar refractivity (Wildman–Crippen MR) is 82.6 cm³/mol. The first kappa shape index (κ1) is 13.8. The Labute approximate surface area is 123 Å². The highest BCUT2D eigenvalue weighted by atomic mass is 16.3. The molecule has 1 saturated carbocycles. The molecule has 0 unspecified atom stereocenters. The van der Waals surface area contributed by atoms with Crippen molar-refractivity contribution in [1.82, 2.24) is 10.3 Å². The highest BCUT2D eigenvalue weighted by Crippen LogP contribution is 2.26. The van der Waals surface area contributed by atoms with E-state index in [1.54, 1.807) is 0 Å². The van der Waals surface area contributed by atoms with E-state index in [0.717, 1.165) is 16.6 Å². The van der Waals surface area contributed by atoms with E-state index in [2.05, 4.69) is 10.3 Å². The molecular formula is C16H19N3O2. The van der Waals surface area contributed by atoms with Gasteiger partial charge in [-0.05, 0) is 25.0 Å². The lowest BCUT2D eigenvalue weighted by Crippen LogP contribution is -2.46. The summed E-state index contributed by atoms with van der Waals surface area (Å²) in [5, 5.41) is 13.2.